The standard InChI is InChI=1S/C19H29N3O5/c1-19(2,3)27-18(25)22-14-17(24)21-12-11-20-16(23)10-7-13-26-15-8-5-4-6-9-15/h4-6,8-9H,7,10-14H2,1-3H3,(H,20,23)(H,21,24)(H,22,25). The Labute approximate surface area is 160 Å². The van der Waals surface area contributed by atoms with E-state index >= 15 is 0 Å². The van der Waals surface area contributed by atoms with E-state index in [9.17, 15) is 14.4 Å². The highest BCUT2D eigenvalue weighted by Crippen LogP contribution is 2.08. The van der Waals surface area contributed by atoms with Crippen LogP contribution in [0.3, 0.4) is 0 Å². The average molecular weight is 379 g/mol. The fourth-order valence-electron chi connectivity index (χ4n) is 1.96. The van der Waals surface area contributed by atoms with Crippen LogP contribution in [0.5, 0.6) is 5.75 Å². The summed E-state index contributed by atoms with van der Waals surface area (Å²) in [7, 11) is 0. The van der Waals surface area contributed by atoms with Crippen molar-refractivity contribution in [2.45, 2.75) is 39.2 Å². The summed E-state index contributed by atoms with van der Waals surface area (Å²) in [5.41, 5.74) is -0.614. The van der Waals surface area contributed by atoms with Crippen LogP contribution in [-0.2, 0) is 14.3 Å². The maximum absolute atomic E-state index is 11.7. The fourth-order valence-corrected chi connectivity index (χ4v) is 1.96. The van der Waals surface area contributed by atoms with Crippen molar-refractivity contribution in [2.75, 3.05) is 26.2 Å². The van der Waals surface area contributed by atoms with Crippen LogP contribution in [0, 0.1) is 0 Å². The second-order valence-corrected chi connectivity index (χ2v) is 6.82. The van der Waals surface area contributed by atoms with Crippen molar-refractivity contribution in [3.8, 4) is 5.75 Å². The minimum absolute atomic E-state index is 0.104. The number of carbonyl (C=O) groups excluding carboxylic acids is 3. The average Bonchev–Trinajstić information content (AvgIpc) is 2.60. The molecule has 0 saturated carbocycles. The van der Waals surface area contributed by atoms with Gasteiger partial charge in [0.2, 0.25) is 11.8 Å². The molecular weight excluding hydrogens is 350 g/mol. The molecule has 1 aromatic carbocycles. The largest absolute Gasteiger partial charge is 0.494 e. The normalized spacial score (nSPS) is 10.6. The van der Waals surface area contributed by atoms with Crippen molar-refractivity contribution in [1.29, 1.82) is 0 Å². The molecule has 1 rings (SSSR count). The van der Waals surface area contributed by atoms with Crippen LogP contribution < -0.4 is 20.7 Å². The highest BCUT2D eigenvalue weighted by Gasteiger charge is 2.16. The number of ether oxygens (including phenoxy) is 2. The Morgan fingerprint density at radius 2 is 1.56 bits per heavy atom. The fraction of sp³-hybridized carbons (Fsp3) is 0.526. The van der Waals surface area contributed by atoms with E-state index in [1.54, 1.807) is 20.8 Å². The van der Waals surface area contributed by atoms with Gasteiger partial charge in [-0.05, 0) is 39.3 Å². The summed E-state index contributed by atoms with van der Waals surface area (Å²) in [6.45, 7) is 6.09. The first kappa shape index (κ1) is 22.3. The van der Waals surface area contributed by atoms with E-state index in [4.69, 9.17) is 9.47 Å². The molecule has 8 heteroatoms. The Hall–Kier alpha value is -2.77. The van der Waals surface area contributed by atoms with Gasteiger partial charge in [0.1, 0.15) is 11.4 Å². The monoisotopic (exact) mass is 379 g/mol. The van der Waals surface area contributed by atoms with E-state index in [0.717, 1.165) is 5.75 Å². The van der Waals surface area contributed by atoms with Gasteiger partial charge >= 0.3 is 6.09 Å². The molecule has 0 spiro atoms. The van der Waals surface area contributed by atoms with Crippen molar-refractivity contribution in [2.24, 2.45) is 0 Å². The van der Waals surface area contributed by atoms with Crippen molar-refractivity contribution in [3.63, 3.8) is 0 Å². The molecule has 3 N–H and O–H groups in total. The number of nitrogens with one attached hydrogen (secondary N) is 3. The predicted octanol–water partition coefficient (Wildman–Crippen LogP) is 1.60. The number of amides is 3. The molecule has 0 atom stereocenters. The van der Waals surface area contributed by atoms with Gasteiger partial charge in [-0.1, -0.05) is 18.2 Å². The molecule has 0 aliphatic carbocycles. The van der Waals surface area contributed by atoms with Crippen molar-refractivity contribution >= 4 is 17.9 Å². The molecule has 0 aromatic heterocycles. The van der Waals surface area contributed by atoms with E-state index in [1.165, 1.54) is 0 Å². The second kappa shape index (κ2) is 11.8. The van der Waals surface area contributed by atoms with E-state index < -0.39 is 11.7 Å². The molecule has 0 radical (unpaired) electrons. The zero-order chi connectivity index (χ0) is 20.1. The lowest BCUT2D eigenvalue weighted by molar-refractivity contribution is -0.122. The van der Waals surface area contributed by atoms with Crippen LogP contribution in [0.4, 0.5) is 4.79 Å². The van der Waals surface area contributed by atoms with Crippen LogP contribution in [0.2, 0.25) is 0 Å². The third kappa shape index (κ3) is 12.3. The first-order valence-electron chi connectivity index (χ1n) is 8.94. The SMILES string of the molecule is CC(C)(C)OC(=O)NCC(=O)NCCNC(=O)CCCOc1ccccc1. The molecule has 3 amide bonds. The summed E-state index contributed by atoms with van der Waals surface area (Å²) in [5.74, 6) is 0.319. The van der Waals surface area contributed by atoms with E-state index in [2.05, 4.69) is 16.0 Å². The Morgan fingerprint density at radius 3 is 2.19 bits per heavy atom. The van der Waals surface area contributed by atoms with Gasteiger partial charge < -0.3 is 25.4 Å². The smallest absolute Gasteiger partial charge is 0.408 e. The number of hydrogen-bond donors (Lipinski definition) is 3. The van der Waals surface area contributed by atoms with Gasteiger partial charge in [-0.15, -0.1) is 0 Å². The molecule has 0 aliphatic heterocycles. The molecule has 8 nitrogen and oxygen atoms in total. The van der Waals surface area contributed by atoms with Crippen LogP contribution in [-0.4, -0.2) is 49.7 Å². The number of alkyl carbamates (subject to hydrolysis) is 1. The van der Waals surface area contributed by atoms with Crippen molar-refractivity contribution < 1.29 is 23.9 Å². The maximum atomic E-state index is 11.7. The number of hydrogen-bond acceptors (Lipinski definition) is 5. The van der Waals surface area contributed by atoms with Crippen LogP contribution in [0.15, 0.2) is 30.3 Å². The highest BCUT2D eigenvalue weighted by atomic mass is 16.6. The molecule has 27 heavy (non-hydrogen) atoms. The lowest BCUT2D eigenvalue weighted by Gasteiger charge is -2.19. The van der Waals surface area contributed by atoms with Gasteiger partial charge in [-0.2, -0.15) is 0 Å². The topological polar surface area (TPSA) is 106 Å². The summed E-state index contributed by atoms with van der Waals surface area (Å²) in [6.07, 6.45) is 0.303. The van der Waals surface area contributed by atoms with Gasteiger partial charge in [-0.3, -0.25) is 9.59 Å². The zero-order valence-electron chi connectivity index (χ0n) is 16.2. The molecule has 0 fully saturated rings. The lowest BCUT2D eigenvalue weighted by Crippen LogP contribution is -2.42. The Balaban J connectivity index is 2.01. The molecule has 0 unspecified atom stereocenters. The maximum Gasteiger partial charge on any atom is 0.408 e. The quantitative estimate of drug-likeness (QED) is 0.536. The Morgan fingerprint density at radius 1 is 0.926 bits per heavy atom. The minimum atomic E-state index is -0.649. The minimum Gasteiger partial charge on any atom is -0.494 e. The van der Waals surface area contributed by atoms with Gasteiger partial charge in [-0.25, -0.2) is 4.79 Å². The first-order valence-corrected chi connectivity index (χ1v) is 8.94. The van der Waals surface area contributed by atoms with Gasteiger partial charge in [0.25, 0.3) is 0 Å². The van der Waals surface area contributed by atoms with Crippen molar-refractivity contribution in [1.82, 2.24) is 16.0 Å². The van der Waals surface area contributed by atoms with E-state index in [-0.39, 0.29) is 24.9 Å². The predicted molar refractivity (Wildman–Crippen MR) is 101 cm³/mol. The number of benzene rings is 1. The van der Waals surface area contributed by atoms with Crippen molar-refractivity contribution in [3.05, 3.63) is 30.3 Å². The molecule has 150 valence electrons. The highest BCUT2D eigenvalue weighted by molar-refractivity contribution is 5.82. The molecular formula is C19H29N3O5. The zero-order valence-corrected chi connectivity index (χ0v) is 16.2. The summed E-state index contributed by atoms with van der Waals surface area (Å²) in [5, 5.41) is 7.67. The molecule has 0 saturated heterocycles. The molecule has 0 heterocycles. The van der Waals surface area contributed by atoms with Crippen LogP contribution >= 0.6 is 0 Å². The van der Waals surface area contributed by atoms with Gasteiger partial charge in [0, 0.05) is 19.5 Å². The summed E-state index contributed by atoms with van der Waals surface area (Å²) < 4.78 is 10.5. The third-order valence-electron chi connectivity index (χ3n) is 3.12. The third-order valence-corrected chi connectivity index (χ3v) is 3.12. The molecule has 0 bridgehead atoms. The van der Waals surface area contributed by atoms with Crippen LogP contribution in [0.25, 0.3) is 0 Å². The van der Waals surface area contributed by atoms with E-state index in [0.29, 0.717) is 26.0 Å². The van der Waals surface area contributed by atoms with E-state index in [1.807, 2.05) is 30.3 Å². The first-order chi connectivity index (χ1) is 12.8. The van der Waals surface area contributed by atoms with Crippen LogP contribution in [0.1, 0.15) is 33.6 Å². The number of carbonyl (C=O) groups is 3. The Bertz CT molecular complexity index is 599. The Kier molecular flexibility index (Phi) is 9.71. The number of para-hydroxylation sites is 1. The van der Waals surface area contributed by atoms with Gasteiger partial charge in [0.15, 0.2) is 0 Å². The second-order valence-electron chi connectivity index (χ2n) is 6.82. The summed E-state index contributed by atoms with van der Waals surface area (Å²) in [6, 6.07) is 9.41. The number of rotatable bonds is 10. The summed E-state index contributed by atoms with van der Waals surface area (Å²) in [4.78, 5) is 34.7. The summed E-state index contributed by atoms with van der Waals surface area (Å²) >= 11 is 0. The molecule has 0 aliphatic rings. The lowest BCUT2D eigenvalue weighted by atomic mass is 10.2. The van der Waals surface area contributed by atoms with Gasteiger partial charge in [0.05, 0.1) is 13.2 Å². The molecule has 1 aromatic rings.